The molecule has 108 valence electrons. The molecule has 1 aromatic rings. The second-order valence-electron chi connectivity index (χ2n) is 5.45. The second-order valence-corrected chi connectivity index (χ2v) is 5.45. The number of pyridine rings is 1. The number of hydrogen-bond acceptors (Lipinski definition) is 3. The number of halogens is 1. The van der Waals surface area contributed by atoms with Gasteiger partial charge in [-0.05, 0) is 24.5 Å². The van der Waals surface area contributed by atoms with Crippen molar-refractivity contribution in [2.75, 3.05) is 13.1 Å². The zero-order chi connectivity index (χ0) is 14.9. The van der Waals surface area contributed by atoms with Gasteiger partial charge in [0.1, 0.15) is 11.5 Å². The van der Waals surface area contributed by atoms with Gasteiger partial charge >= 0.3 is 5.97 Å². The Morgan fingerprint density at radius 3 is 2.60 bits per heavy atom. The minimum atomic E-state index is -0.907. The molecular formula is C14H17FN2O3. The predicted octanol–water partition coefficient (Wildman–Crippen LogP) is 1.79. The van der Waals surface area contributed by atoms with Crippen molar-refractivity contribution in [2.24, 2.45) is 11.3 Å². The quantitative estimate of drug-likeness (QED) is 0.916. The SMILES string of the molecule is CC(C)C1(C(=O)O)CCN(C(=O)c2ccc(F)cn2)C1. The largest absolute Gasteiger partial charge is 0.481 e. The molecule has 0 bridgehead atoms. The van der Waals surface area contributed by atoms with E-state index >= 15 is 0 Å². The van der Waals surface area contributed by atoms with Crippen LogP contribution >= 0.6 is 0 Å². The molecule has 1 atom stereocenters. The summed E-state index contributed by atoms with van der Waals surface area (Å²) in [6, 6.07) is 2.48. The van der Waals surface area contributed by atoms with E-state index in [4.69, 9.17) is 0 Å². The molecule has 0 spiro atoms. The van der Waals surface area contributed by atoms with Gasteiger partial charge in [-0.3, -0.25) is 9.59 Å². The van der Waals surface area contributed by atoms with E-state index in [2.05, 4.69) is 4.98 Å². The fraction of sp³-hybridized carbons (Fsp3) is 0.500. The molecule has 0 aliphatic carbocycles. The lowest BCUT2D eigenvalue weighted by Crippen LogP contribution is -2.40. The normalized spacial score (nSPS) is 22.3. The van der Waals surface area contributed by atoms with Crippen molar-refractivity contribution < 1.29 is 19.1 Å². The molecule has 1 aromatic heterocycles. The van der Waals surface area contributed by atoms with Crippen LogP contribution in [0.15, 0.2) is 18.3 Å². The Balaban J connectivity index is 2.18. The lowest BCUT2D eigenvalue weighted by Gasteiger charge is -2.28. The lowest BCUT2D eigenvalue weighted by molar-refractivity contribution is -0.150. The van der Waals surface area contributed by atoms with Crippen LogP contribution in [-0.4, -0.2) is 40.0 Å². The third-order valence-electron chi connectivity index (χ3n) is 4.07. The van der Waals surface area contributed by atoms with Crippen LogP contribution in [0.2, 0.25) is 0 Å². The number of aliphatic carboxylic acids is 1. The molecule has 6 heteroatoms. The van der Waals surface area contributed by atoms with Crippen LogP contribution in [0.3, 0.4) is 0 Å². The van der Waals surface area contributed by atoms with Crippen LogP contribution in [0.25, 0.3) is 0 Å². The highest BCUT2D eigenvalue weighted by Crippen LogP contribution is 2.38. The number of carboxylic acids is 1. The van der Waals surface area contributed by atoms with Crippen molar-refractivity contribution in [1.29, 1.82) is 0 Å². The molecule has 2 rings (SSSR count). The highest BCUT2D eigenvalue weighted by Gasteiger charge is 2.48. The molecule has 2 heterocycles. The molecular weight excluding hydrogens is 263 g/mol. The first-order valence-electron chi connectivity index (χ1n) is 6.51. The first kappa shape index (κ1) is 14.4. The van der Waals surface area contributed by atoms with Gasteiger partial charge in [-0.2, -0.15) is 0 Å². The summed E-state index contributed by atoms with van der Waals surface area (Å²) in [5.41, 5.74) is -0.772. The molecule has 1 N–H and O–H groups in total. The van der Waals surface area contributed by atoms with Gasteiger partial charge in [0.15, 0.2) is 0 Å². The van der Waals surface area contributed by atoms with Crippen LogP contribution < -0.4 is 0 Å². The first-order chi connectivity index (χ1) is 9.36. The van der Waals surface area contributed by atoms with Crippen molar-refractivity contribution >= 4 is 11.9 Å². The maximum atomic E-state index is 12.8. The number of carboxylic acid groups (broad SMARTS) is 1. The molecule has 1 aliphatic heterocycles. The molecule has 5 nitrogen and oxygen atoms in total. The van der Waals surface area contributed by atoms with Gasteiger partial charge in [-0.1, -0.05) is 13.8 Å². The van der Waals surface area contributed by atoms with Gasteiger partial charge in [0.25, 0.3) is 5.91 Å². The molecule has 0 radical (unpaired) electrons. The Labute approximate surface area is 116 Å². The maximum absolute atomic E-state index is 12.8. The number of amides is 1. The summed E-state index contributed by atoms with van der Waals surface area (Å²) in [6.45, 7) is 4.23. The predicted molar refractivity (Wildman–Crippen MR) is 69.6 cm³/mol. The Morgan fingerprint density at radius 1 is 1.45 bits per heavy atom. The van der Waals surface area contributed by atoms with Crippen molar-refractivity contribution in [1.82, 2.24) is 9.88 Å². The van der Waals surface area contributed by atoms with Crippen LogP contribution in [0, 0.1) is 17.2 Å². The van der Waals surface area contributed by atoms with E-state index in [1.807, 2.05) is 13.8 Å². The lowest BCUT2D eigenvalue weighted by atomic mass is 9.76. The van der Waals surface area contributed by atoms with Crippen LogP contribution in [0.5, 0.6) is 0 Å². The second kappa shape index (κ2) is 5.19. The molecule has 1 unspecified atom stereocenters. The standard InChI is InChI=1S/C14H17FN2O3/c1-9(2)14(13(19)20)5-6-17(8-14)12(18)11-4-3-10(15)7-16-11/h3-4,7,9H,5-6,8H2,1-2H3,(H,19,20). The van der Waals surface area contributed by atoms with Crippen molar-refractivity contribution in [3.05, 3.63) is 29.8 Å². The Bertz CT molecular complexity index is 530. The van der Waals surface area contributed by atoms with Crippen molar-refractivity contribution in [3.63, 3.8) is 0 Å². The van der Waals surface area contributed by atoms with Gasteiger partial charge in [0, 0.05) is 13.1 Å². The molecule has 1 aliphatic rings. The average Bonchev–Trinajstić information content (AvgIpc) is 2.85. The smallest absolute Gasteiger partial charge is 0.311 e. The number of carbonyl (C=O) groups is 2. The summed E-state index contributed by atoms with van der Waals surface area (Å²) < 4.78 is 12.8. The van der Waals surface area contributed by atoms with E-state index < -0.39 is 17.2 Å². The van der Waals surface area contributed by atoms with Crippen LogP contribution in [0.4, 0.5) is 4.39 Å². The van der Waals surface area contributed by atoms with Gasteiger partial charge in [-0.25, -0.2) is 9.37 Å². The molecule has 0 aromatic carbocycles. The van der Waals surface area contributed by atoms with E-state index in [9.17, 15) is 19.1 Å². The fourth-order valence-corrected chi connectivity index (χ4v) is 2.56. The van der Waals surface area contributed by atoms with E-state index in [0.29, 0.717) is 13.0 Å². The zero-order valence-corrected chi connectivity index (χ0v) is 11.5. The maximum Gasteiger partial charge on any atom is 0.311 e. The number of aromatic nitrogens is 1. The Morgan fingerprint density at radius 2 is 2.15 bits per heavy atom. The monoisotopic (exact) mass is 280 g/mol. The van der Waals surface area contributed by atoms with Gasteiger partial charge in [0.2, 0.25) is 0 Å². The average molecular weight is 280 g/mol. The highest BCUT2D eigenvalue weighted by atomic mass is 19.1. The molecule has 1 saturated heterocycles. The minimum Gasteiger partial charge on any atom is -0.481 e. The van der Waals surface area contributed by atoms with Crippen molar-refractivity contribution in [3.8, 4) is 0 Å². The summed E-state index contributed by atoms with van der Waals surface area (Å²) in [4.78, 5) is 29.0. The zero-order valence-electron chi connectivity index (χ0n) is 11.5. The summed E-state index contributed by atoms with van der Waals surface area (Å²) >= 11 is 0. The first-order valence-corrected chi connectivity index (χ1v) is 6.51. The third kappa shape index (κ3) is 2.37. The molecule has 1 fully saturated rings. The molecule has 0 saturated carbocycles. The van der Waals surface area contributed by atoms with E-state index in [-0.39, 0.29) is 24.1 Å². The van der Waals surface area contributed by atoms with Crippen LogP contribution in [0.1, 0.15) is 30.8 Å². The summed E-state index contributed by atoms with van der Waals surface area (Å²) in [6.07, 6.45) is 1.41. The number of rotatable bonds is 3. The molecule has 20 heavy (non-hydrogen) atoms. The number of likely N-dealkylation sites (tertiary alicyclic amines) is 1. The fourth-order valence-electron chi connectivity index (χ4n) is 2.56. The molecule has 1 amide bonds. The van der Waals surface area contributed by atoms with Gasteiger partial charge in [0.05, 0.1) is 11.6 Å². The Hall–Kier alpha value is -1.98. The van der Waals surface area contributed by atoms with Gasteiger partial charge < -0.3 is 10.0 Å². The number of hydrogen-bond donors (Lipinski definition) is 1. The summed E-state index contributed by atoms with van der Waals surface area (Å²) in [5, 5.41) is 9.44. The minimum absolute atomic E-state index is 0.0704. The number of carbonyl (C=O) groups excluding carboxylic acids is 1. The van der Waals surface area contributed by atoms with E-state index in [1.165, 1.54) is 17.0 Å². The Kier molecular flexibility index (Phi) is 3.74. The summed E-state index contributed by atoms with van der Waals surface area (Å²) in [5.74, 6) is -1.81. The van der Waals surface area contributed by atoms with E-state index in [1.54, 1.807) is 0 Å². The van der Waals surface area contributed by atoms with Crippen LogP contribution in [-0.2, 0) is 4.79 Å². The number of nitrogens with zero attached hydrogens (tertiary/aromatic N) is 2. The van der Waals surface area contributed by atoms with Gasteiger partial charge in [-0.15, -0.1) is 0 Å². The highest BCUT2D eigenvalue weighted by molar-refractivity contribution is 5.93. The topological polar surface area (TPSA) is 70.5 Å². The third-order valence-corrected chi connectivity index (χ3v) is 4.07. The van der Waals surface area contributed by atoms with E-state index in [0.717, 1.165) is 6.20 Å². The van der Waals surface area contributed by atoms with Crippen molar-refractivity contribution in [2.45, 2.75) is 20.3 Å². The summed E-state index contributed by atoms with van der Waals surface area (Å²) in [7, 11) is 0.